The zero-order valence-corrected chi connectivity index (χ0v) is 12.1. The van der Waals surface area contributed by atoms with Crippen LogP contribution in [-0.2, 0) is 4.74 Å². The lowest BCUT2D eigenvalue weighted by Gasteiger charge is -2.58. The summed E-state index contributed by atoms with van der Waals surface area (Å²) in [5.74, 6) is 1.05. The molecule has 0 aromatic carbocycles. The van der Waals surface area contributed by atoms with Crippen molar-refractivity contribution in [3.05, 3.63) is 41.2 Å². The van der Waals surface area contributed by atoms with Gasteiger partial charge in [0.05, 0.1) is 0 Å². The Morgan fingerprint density at radius 2 is 2.24 bits per heavy atom. The maximum atomic E-state index is 10.5. The molecule has 111 valence electrons. The highest BCUT2D eigenvalue weighted by atomic mass is 16.5. The summed E-state index contributed by atoms with van der Waals surface area (Å²) >= 11 is 0. The van der Waals surface area contributed by atoms with Crippen molar-refractivity contribution in [2.45, 2.75) is 37.5 Å². The van der Waals surface area contributed by atoms with Crippen LogP contribution in [0.25, 0.3) is 0 Å². The molecule has 4 heteroatoms. The first-order chi connectivity index (χ1) is 10.1. The Hall–Kier alpha value is -1.10. The number of hydrogen-bond acceptors (Lipinski definition) is 4. The van der Waals surface area contributed by atoms with E-state index in [2.05, 4.69) is 24.1 Å². The fourth-order valence-electron chi connectivity index (χ4n) is 5.35. The summed E-state index contributed by atoms with van der Waals surface area (Å²) in [5.41, 5.74) is 2.40. The lowest BCUT2D eigenvalue weighted by molar-refractivity contribution is -0.0917. The molecule has 0 aromatic heterocycles. The number of ether oxygens (including phenoxy) is 1. The van der Waals surface area contributed by atoms with Crippen molar-refractivity contribution in [1.29, 1.82) is 0 Å². The summed E-state index contributed by atoms with van der Waals surface area (Å²) in [5, 5.41) is 20.7. The molecule has 0 unspecified atom stereocenters. The minimum atomic E-state index is -0.581. The maximum Gasteiger partial charge on any atom is 0.161 e. The third-order valence-electron chi connectivity index (χ3n) is 6.28. The van der Waals surface area contributed by atoms with E-state index in [4.69, 9.17) is 4.74 Å². The van der Waals surface area contributed by atoms with Gasteiger partial charge in [-0.25, -0.2) is 0 Å². The Morgan fingerprint density at radius 1 is 1.38 bits per heavy atom. The SMILES string of the molecule is CN1CC[C@]23C4=C5O[C@H]2[C@@H](O)C=C[C@H]3[C@H]1CC4=CC[C]5O. The lowest BCUT2D eigenvalue weighted by Crippen LogP contribution is -2.62. The summed E-state index contributed by atoms with van der Waals surface area (Å²) in [4.78, 5) is 2.45. The van der Waals surface area contributed by atoms with Gasteiger partial charge in [0.1, 0.15) is 18.0 Å². The van der Waals surface area contributed by atoms with Gasteiger partial charge in [-0.1, -0.05) is 18.2 Å². The Morgan fingerprint density at radius 3 is 3.10 bits per heavy atom. The number of likely N-dealkylation sites (tertiary alicyclic amines) is 1. The Labute approximate surface area is 124 Å². The van der Waals surface area contributed by atoms with Crippen LogP contribution in [0.15, 0.2) is 35.1 Å². The van der Waals surface area contributed by atoms with E-state index in [1.165, 1.54) is 11.1 Å². The first-order valence-electron chi connectivity index (χ1n) is 7.85. The van der Waals surface area contributed by atoms with Gasteiger partial charge in [-0.3, -0.25) is 0 Å². The van der Waals surface area contributed by atoms with Crippen LogP contribution in [0.3, 0.4) is 0 Å². The molecule has 1 saturated carbocycles. The molecular formula is C17H20NO3. The number of aliphatic hydroxyl groups excluding tert-OH is 2. The second-order valence-corrected chi connectivity index (χ2v) is 7.07. The average molecular weight is 286 g/mol. The molecule has 2 heterocycles. The van der Waals surface area contributed by atoms with Crippen molar-refractivity contribution in [3.8, 4) is 0 Å². The van der Waals surface area contributed by atoms with E-state index in [9.17, 15) is 10.2 Å². The van der Waals surface area contributed by atoms with Gasteiger partial charge in [-0.15, -0.1) is 0 Å². The second kappa shape index (κ2) is 3.80. The lowest BCUT2D eigenvalue weighted by atomic mass is 9.51. The molecule has 0 aromatic rings. The molecule has 5 atom stereocenters. The monoisotopic (exact) mass is 286 g/mol. The van der Waals surface area contributed by atoms with Crippen LogP contribution in [0.1, 0.15) is 19.3 Å². The van der Waals surface area contributed by atoms with Crippen molar-refractivity contribution < 1.29 is 14.9 Å². The average Bonchev–Trinajstić information content (AvgIpc) is 2.83. The molecule has 1 spiro atoms. The van der Waals surface area contributed by atoms with E-state index in [0.29, 0.717) is 30.2 Å². The third kappa shape index (κ3) is 1.28. The molecule has 5 rings (SSSR count). The first-order valence-corrected chi connectivity index (χ1v) is 7.85. The van der Waals surface area contributed by atoms with Gasteiger partial charge < -0.3 is 19.8 Å². The van der Waals surface area contributed by atoms with Crippen LogP contribution in [0, 0.1) is 17.4 Å². The van der Waals surface area contributed by atoms with Crippen molar-refractivity contribution in [1.82, 2.24) is 4.90 Å². The zero-order valence-electron chi connectivity index (χ0n) is 12.1. The fourth-order valence-corrected chi connectivity index (χ4v) is 5.35. The summed E-state index contributed by atoms with van der Waals surface area (Å²) in [6, 6.07) is 0.475. The number of aliphatic hydroxyl groups is 2. The minimum absolute atomic E-state index is 0.140. The highest BCUT2D eigenvalue weighted by Crippen LogP contribution is 2.65. The maximum absolute atomic E-state index is 10.5. The smallest absolute Gasteiger partial charge is 0.161 e. The van der Waals surface area contributed by atoms with Crippen LogP contribution in [0.2, 0.25) is 0 Å². The molecule has 3 aliphatic carbocycles. The van der Waals surface area contributed by atoms with E-state index < -0.39 is 6.10 Å². The van der Waals surface area contributed by atoms with Crippen LogP contribution in [0.4, 0.5) is 0 Å². The van der Waals surface area contributed by atoms with Gasteiger partial charge in [0.2, 0.25) is 0 Å². The summed E-state index contributed by atoms with van der Waals surface area (Å²) in [7, 11) is 2.20. The standard InChI is InChI=1S/C17H20NO3/c1-18-7-6-17-10-3-5-13(20)16(17)21-15-12(19)4-2-9(14(15)17)8-11(10)18/h2-3,5,10-11,13,16,19-20H,4,6-8H2,1H3/t10-,11+,13-,16-,17-/m0/s1. The Balaban J connectivity index is 1.77. The second-order valence-electron chi connectivity index (χ2n) is 7.07. The summed E-state index contributed by atoms with van der Waals surface area (Å²) in [6.07, 6.45) is 8.33. The normalized spacial score (nSPS) is 48.0. The van der Waals surface area contributed by atoms with Crippen molar-refractivity contribution in [3.63, 3.8) is 0 Å². The molecule has 2 fully saturated rings. The van der Waals surface area contributed by atoms with E-state index in [1.807, 2.05) is 6.08 Å². The molecule has 1 saturated heterocycles. The molecule has 1 radical (unpaired) electrons. The van der Waals surface area contributed by atoms with Crippen LogP contribution >= 0.6 is 0 Å². The third-order valence-corrected chi connectivity index (χ3v) is 6.28. The van der Waals surface area contributed by atoms with Gasteiger partial charge in [-0.2, -0.15) is 0 Å². The van der Waals surface area contributed by atoms with Crippen LogP contribution < -0.4 is 0 Å². The molecule has 0 amide bonds. The summed E-state index contributed by atoms with van der Waals surface area (Å²) < 4.78 is 6.12. The van der Waals surface area contributed by atoms with E-state index >= 15 is 0 Å². The zero-order chi connectivity index (χ0) is 14.4. The highest BCUT2D eigenvalue weighted by Gasteiger charge is 2.65. The van der Waals surface area contributed by atoms with E-state index in [1.54, 1.807) is 0 Å². The van der Waals surface area contributed by atoms with Crippen molar-refractivity contribution >= 4 is 0 Å². The Kier molecular flexibility index (Phi) is 2.25. The van der Waals surface area contributed by atoms with Gasteiger partial charge >= 0.3 is 0 Å². The predicted molar refractivity (Wildman–Crippen MR) is 76.5 cm³/mol. The minimum Gasteiger partial charge on any atom is -0.487 e. The molecule has 21 heavy (non-hydrogen) atoms. The molecule has 2 N–H and O–H groups in total. The molecule has 2 bridgehead atoms. The molecule has 5 aliphatic rings. The predicted octanol–water partition coefficient (Wildman–Crippen LogP) is 1.51. The van der Waals surface area contributed by atoms with E-state index in [-0.39, 0.29) is 11.5 Å². The van der Waals surface area contributed by atoms with Gasteiger partial charge in [-0.05, 0) is 32.0 Å². The number of hydrogen-bond donors (Lipinski definition) is 2. The van der Waals surface area contributed by atoms with Gasteiger partial charge in [0.15, 0.2) is 6.10 Å². The van der Waals surface area contributed by atoms with Crippen LogP contribution in [0.5, 0.6) is 0 Å². The fraction of sp³-hybridized carbons (Fsp3) is 0.588. The highest BCUT2D eigenvalue weighted by molar-refractivity contribution is 5.55. The topological polar surface area (TPSA) is 52.9 Å². The number of nitrogens with zero attached hydrogens (tertiary/aromatic N) is 1. The Bertz CT molecular complexity index is 607. The van der Waals surface area contributed by atoms with E-state index in [0.717, 1.165) is 19.4 Å². The first kappa shape index (κ1) is 12.4. The largest absolute Gasteiger partial charge is 0.487 e. The number of rotatable bonds is 0. The van der Waals surface area contributed by atoms with Gasteiger partial charge in [0.25, 0.3) is 0 Å². The number of piperidine rings is 1. The van der Waals surface area contributed by atoms with Crippen molar-refractivity contribution in [2.24, 2.45) is 11.3 Å². The summed E-state index contributed by atoms with van der Waals surface area (Å²) in [6.45, 7) is 1.02. The van der Waals surface area contributed by atoms with Crippen LogP contribution in [-0.4, -0.2) is 47.0 Å². The molecular weight excluding hydrogens is 266 g/mol. The van der Waals surface area contributed by atoms with Crippen molar-refractivity contribution in [2.75, 3.05) is 13.6 Å². The van der Waals surface area contributed by atoms with Gasteiger partial charge in [0, 0.05) is 29.4 Å². The molecule has 2 aliphatic heterocycles. The quantitative estimate of drug-likeness (QED) is 0.663. The molecule has 4 nitrogen and oxygen atoms in total.